The standard InChI is InChI=1S/C26H27ClN4O5S/c1-18(25(32)29-12-14-36-15-13-29)30-11-8-24(26(30)33)31(22-6-9-28-10-7-22)37(34,35)23-5-3-19-16-21(27)4-2-20(19)17-23/h2-7,9-10,16-18,24H,8,11-15H2,1H3/t18-,24-/m0/s1. The molecule has 2 fully saturated rings. The van der Waals surface area contributed by atoms with Crippen LogP contribution in [-0.2, 0) is 24.3 Å². The summed E-state index contributed by atoms with van der Waals surface area (Å²) in [6.45, 7) is 3.83. The highest BCUT2D eigenvalue weighted by Gasteiger charge is 2.45. The van der Waals surface area contributed by atoms with Gasteiger partial charge in [0.25, 0.3) is 10.0 Å². The number of nitrogens with zero attached hydrogens (tertiary/aromatic N) is 4. The average Bonchev–Trinajstić information content (AvgIpc) is 3.29. The number of anilines is 1. The number of rotatable bonds is 6. The van der Waals surface area contributed by atoms with Gasteiger partial charge in [-0.25, -0.2) is 8.42 Å². The monoisotopic (exact) mass is 542 g/mol. The van der Waals surface area contributed by atoms with Crippen LogP contribution in [0.3, 0.4) is 0 Å². The van der Waals surface area contributed by atoms with Gasteiger partial charge in [-0.05, 0) is 60.5 Å². The van der Waals surface area contributed by atoms with E-state index in [-0.39, 0.29) is 23.8 Å². The van der Waals surface area contributed by atoms with Gasteiger partial charge in [0.15, 0.2) is 0 Å². The molecule has 3 aromatic rings. The Balaban J connectivity index is 1.48. The molecule has 3 heterocycles. The number of hydrogen-bond acceptors (Lipinski definition) is 6. The maximum absolute atomic E-state index is 14.1. The van der Waals surface area contributed by atoms with Crippen molar-refractivity contribution in [1.82, 2.24) is 14.8 Å². The molecule has 0 N–H and O–H groups in total. The molecular formula is C26H27ClN4O5S. The number of hydrogen-bond donors (Lipinski definition) is 0. The average molecular weight is 543 g/mol. The van der Waals surface area contributed by atoms with Crippen LogP contribution >= 0.6 is 11.6 Å². The number of carbonyl (C=O) groups excluding carboxylic acids is 2. The van der Waals surface area contributed by atoms with Crippen LogP contribution in [-0.4, -0.2) is 79.9 Å². The van der Waals surface area contributed by atoms with Gasteiger partial charge in [-0.1, -0.05) is 23.7 Å². The number of pyridine rings is 1. The smallest absolute Gasteiger partial charge is 0.265 e. The van der Waals surface area contributed by atoms with E-state index in [4.69, 9.17) is 16.3 Å². The summed E-state index contributed by atoms with van der Waals surface area (Å²) in [7, 11) is -4.15. The zero-order valence-electron chi connectivity index (χ0n) is 20.3. The molecule has 2 aliphatic heterocycles. The van der Waals surface area contributed by atoms with Crippen LogP contribution in [0.15, 0.2) is 65.8 Å². The molecule has 2 saturated heterocycles. The fourth-order valence-electron chi connectivity index (χ4n) is 4.92. The molecular weight excluding hydrogens is 516 g/mol. The van der Waals surface area contributed by atoms with E-state index in [9.17, 15) is 18.0 Å². The fraction of sp³-hybridized carbons (Fsp3) is 0.346. The second-order valence-electron chi connectivity index (χ2n) is 9.11. The molecule has 0 radical (unpaired) electrons. The lowest BCUT2D eigenvalue weighted by Gasteiger charge is -2.33. The highest BCUT2D eigenvalue weighted by atomic mass is 35.5. The number of halogens is 1. The summed E-state index contributed by atoms with van der Waals surface area (Å²) in [6.07, 6.45) is 3.23. The van der Waals surface area contributed by atoms with E-state index < -0.39 is 28.0 Å². The normalized spacial score (nSPS) is 19.3. The van der Waals surface area contributed by atoms with Crippen molar-refractivity contribution in [2.45, 2.75) is 30.3 Å². The first-order chi connectivity index (χ1) is 17.8. The van der Waals surface area contributed by atoms with Crippen LogP contribution in [0.4, 0.5) is 5.69 Å². The molecule has 194 valence electrons. The van der Waals surface area contributed by atoms with Crippen molar-refractivity contribution in [1.29, 1.82) is 0 Å². The Bertz CT molecular complexity index is 1430. The van der Waals surface area contributed by atoms with E-state index in [1.54, 1.807) is 54.3 Å². The number of sulfonamides is 1. The van der Waals surface area contributed by atoms with Gasteiger partial charge in [0.1, 0.15) is 12.1 Å². The number of carbonyl (C=O) groups is 2. The number of aromatic nitrogens is 1. The summed E-state index contributed by atoms with van der Waals surface area (Å²) in [5.41, 5.74) is 0.332. The number of amides is 2. The first-order valence-electron chi connectivity index (χ1n) is 12.1. The van der Waals surface area contributed by atoms with Gasteiger partial charge in [0.2, 0.25) is 11.8 Å². The molecule has 2 aromatic carbocycles. The second kappa shape index (κ2) is 10.3. The molecule has 2 amide bonds. The minimum Gasteiger partial charge on any atom is -0.378 e. The van der Waals surface area contributed by atoms with Gasteiger partial charge in [0, 0.05) is 37.1 Å². The predicted molar refractivity (Wildman–Crippen MR) is 140 cm³/mol. The molecule has 0 bridgehead atoms. The number of likely N-dealkylation sites (tertiary alicyclic amines) is 1. The number of fused-ring (bicyclic) bond motifs is 1. The predicted octanol–water partition coefficient (Wildman–Crippen LogP) is 2.93. The van der Waals surface area contributed by atoms with Crippen LogP contribution < -0.4 is 4.31 Å². The van der Waals surface area contributed by atoms with Gasteiger partial charge in [0.05, 0.1) is 23.8 Å². The van der Waals surface area contributed by atoms with Crippen molar-refractivity contribution < 1.29 is 22.7 Å². The maximum Gasteiger partial charge on any atom is 0.265 e. The first-order valence-corrected chi connectivity index (χ1v) is 13.9. The van der Waals surface area contributed by atoms with Gasteiger partial charge < -0.3 is 14.5 Å². The van der Waals surface area contributed by atoms with E-state index in [0.29, 0.717) is 42.4 Å². The van der Waals surface area contributed by atoms with Crippen LogP contribution in [0.1, 0.15) is 13.3 Å². The molecule has 9 nitrogen and oxygen atoms in total. The SMILES string of the molecule is C[C@@H](C(=O)N1CCOCC1)N1CC[C@H](N(c2ccncc2)S(=O)(=O)c2ccc3cc(Cl)ccc3c2)C1=O. The minimum atomic E-state index is -4.15. The molecule has 37 heavy (non-hydrogen) atoms. The summed E-state index contributed by atoms with van der Waals surface area (Å²) in [6, 6.07) is 11.5. The van der Waals surface area contributed by atoms with Crippen LogP contribution in [0.25, 0.3) is 10.8 Å². The van der Waals surface area contributed by atoms with Crippen molar-refractivity contribution in [2.24, 2.45) is 0 Å². The quantitative estimate of drug-likeness (QED) is 0.475. The van der Waals surface area contributed by atoms with Crippen molar-refractivity contribution in [3.05, 3.63) is 65.9 Å². The van der Waals surface area contributed by atoms with Crippen LogP contribution in [0, 0.1) is 0 Å². The number of ether oxygens (including phenoxy) is 1. The Hall–Kier alpha value is -3.21. The molecule has 0 aliphatic carbocycles. The summed E-state index contributed by atoms with van der Waals surface area (Å²) in [5.74, 6) is -0.564. The highest BCUT2D eigenvalue weighted by Crippen LogP contribution is 2.33. The molecule has 0 unspecified atom stereocenters. The fourth-order valence-corrected chi connectivity index (χ4v) is 6.77. The van der Waals surface area contributed by atoms with E-state index >= 15 is 0 Å². The third kappa shape index (κ3) is 4.88. The maximum atomic E-state index is 14.1. The summed E-state index contributed by atoms with van der Waals surface area (Å²) >= 11 is 6.08. The molecule has 0 spiro atoms. The lowest BCUT2D eigenvalue weighted by Crippen LogP contribution is -2.53. The Kier molecular flexibility index (Phi) is 7.06. The minimum absolute atomic E-state index is 0.0582. The summed E-state index contributed by atoms with van der Waals surface area (Å²) < 4.78 is 34.6. The topological polar surface area (TPSA) is 100 Å². The zero-order valence-corrected chi connectivity index (χ0v) is 21.9. The lowest BCUT2D eigenvalue weighted by atomic mass is 10.1. The van der Waals surface area contributed by atoms with Crippen molar-refractivity contribution in [2.75, 3.05) is 37.2 Å². The van der Waals surface area contributed by atoms with E-state index in [0.717, 1.165) is 5.39 Å². The molecule has 2 aliphatic rings. The van der Waals surface area contributed by atoms with E-state index in [2.05, 4.69) is 4.98 Å². The van der Waals surface area contributed by atoms with Gasteiger partial charge >= 0.3 is 0 Å². The largest absolute Gasteiger partial charge is 0.378 e. The molecule has 5 rings (SSSR count). The van der Waals surface area contributed by atoms with Crippen molar-refractivity contribution in [3.8, 4) is 0 Å². The highest BCUT2D eigenvalue weighted by molar-refractivity contribution is 7.93. The van der Waals surface area contributed by atoms with Gasteiger partial charge in [-0.3, -0.25) is 18.9 Å². The first kappa shape index (κ1) is 25.4. The second-order valence-corrected chi connectivity index (χ2v) is 11.4. The Morgan fingerprint density at radius 3 is 2.46 bits per heavy atom. The molecule has 11 heteroatoms. The summed E-state index contributed by atoms with van der Waals surface area (Å²) in [5, 5.41) is 2.07. The van der Waals surface area contributed by atoms with E-state index in [1.165, 1.54) is 27.7 Å². The summed E-state index contributed by atoms with van der Waals surface area (Å²) in [4.78, 5) is 34.0. The Morgan fingerprint density at radius 2 is 1.73 bits per heavy atom. The van der Waals surface area contributed by atoms with E-state index in [1.807, 2.05) is 0 Å². The van der Waals surface area contributed by atoms with Crippen molar-refractivity contribution in [3.63, 3.8) is 0 Å². The molecule has 1 aromatic heterocycles. The molecule has 0 saturated carbocycles. The zero-order chi connectivity index (χ0) is 26.2. The van der Waals surface area contributed by atoms with Gasteiger partial charge in [-0.15, -0.1) is 0 Å². The van der Waals surface area contributed by atoms with Crippen LogP contribution in [0.2, 0.25) is 5.02 Å². The van der Waals surface area contributed by atoms with Crippen LogP contribution in [0.5, 0.6) is 0 Å². The van der Waals surface area contributed by atoms with Crippen molar-refractivity contribution >= 4 is 49.9 Å². The van der Waals surface area contributed by atoms with Gasteiger partial charge in [-0.2, -0.15) is 0 Å². The Morgan fingerprint density at radius 1 is 1.05 bits per heavy atom. The molecule has 2 atom stereocenters. The number of benzene rings is 2. The lowest BCUT2D eigenvalue weighted by molar-refractivity contribution is -0.145. The Labute approximate surface area is 220 Å². The number of morpholine rings is 1. The third-order valence-electron chi connectivity index (χ3n) is 6.89. The third-order valence-corrected chi connectivity index (χ3v) is 8.96.